The Balaban J connectivity index is 1.24. The molecule has 52 heavy (non-hydrogen) atoms. The molecule has 2 aromatic carbocycles. The van der Waals surface area contributed by atoms with Gasteiger partial charge in [-0.3, -0.25) is 4.79 Å². The Morgan fingerprint density at radius 3 is 2.71 bits per heavy atom. The predicted molar refractivity (Wildman–Crippen MR) is 202 cm³/mol. The molecule has 6 heterocycles. The van der Waals surface area contributed by atoms with Crippen LogP contribution in [0, 0.1) is 42.8 Å². The summed E-state index contributed by atoms with van der Waals surface area (Å²) in [4.78, 5) is 22.2. The van der Waals surface area contributed by atoms with Gasteiger partial charge in [-0.15, -0.1) is 0 Å². The number of carbonyl (C=O) groups excluding carboxylic acids is 1. The number of hydrogen-bond acceptors (Lipinski definition) is 7. The topological polar surface area (TPSA) is 96.1 Å². The van der Waals surface area contributed by atoms with Gasteiger partial charge in [-0.2, -0.15) is 9.64 Å². The smallest absolute Gasteiger partial charge is 0.226 e. The van der Waals surface area contributed by atoms with E-state index in [1.165, 1.54) is 11.5 Å². The second kappa shape index (κ2) is 13.1. The lowest BCUT2D eigenvalue weighted by Gasteiger charge is -2.39. The molecule has 2 saturated carbocycles. The number of likely N-dealkylation sites (tertiary alicyclic amines) is 1. The highest BCUT2D eigenvalue weighted by molar-refractivity contribution is 7.05. The van der Waals surface area contributed by atoms with Crippen LogP contribution in [0.5, 0.6) is 0 Å². The van der Waals surface area contributed by atoms with E-state index in [4.69, 9.17) is 32.9 Å². The number of aryl methyl sites for hydroxylation is 3. The largest absolute Gasteiger partial charge is 0.367 e. The zero-order valence-corrected chi connectivity index (χ0v) is 31.6. The highest BCUT2D eigenvalue weighted by Crippen LogP contribution is 2.51. The van der Waals surface area contributed by atoms with Crippen molar-refractivity contribution in [3.8, 4) is 17.2 Å². The number of ether oxygens (including phenoxy) is 1. The maximum absolute atomic E-state index is 17.2. The first-order valence-corrected chi connectivity index (χ1v) is 19.8. The molecule has 3 aliphatic heterocycles. The first-order valence-electron chi connectivity index (χ1n) is 18.2. The molecule has 2 bridgehead atoms. The quantitative estimate of drug-likeness (QED) is 0.161. The number of nitriles is 1. The number of benzene rings is 2. The number of fused-ring (bicyclic) bond motifs is 4. The van der Waals surface area contributed by atoms with Crippen LogP contribution in [0.3, 0.4) is 0 Å². The molecule has 0 radical (unpaired) electrons. The van der Waals surface area contributed by atoms with E-state index < -0.39 is 5.82 Å². The van der Waals surface area contributed by atoms with Crippen LogP contribution in [0.25, 0.3) is 32.9 Å². The van der Waals surface area contributed by atoms with Gasteiger partial charge < -0.3 is 19.5 Å². The minimum atomic E-state index is -0.477. The van der Waals surface area contributed by atoms with Crippen molar-refractivity contribution in [3.05, 3.63) is 79.8 Å². The van der Waals surface area contributed by atoms with Crippen molar-refractivity contribution in [2.45, 2.75) is 89.6 Å². The van der Waals surface area contributed by atoms with E-state index >= 15 is 4.39 Å². The predicted octanol–water partition coefficient (Wildman–Crippen LogP) is 9.19. The summed E-state index contributed by atoms with van der Waals surface area (Å²) >= 11 is 14.6. The van der Waals surface area contributed by atoms with E-state index in [9.17, 15) is 10.1 Å². The lowest BCUT2D eigenvalue weighted by molar-refractivity contribution is -0.134. The van der Waals surface area contributed by atoms with Gasteiger partial charge in [-0.25, -0.2) is 9.37 Å². The molecular weight excluding hydrogens is 718 g/mol. The van der Waals surface area contributed by atoms with Crippen LogP contribution in [0.2, 0.25) is 10.0 Å². The molecular formula is C40H39Cl2FN6O2S. The molecule has 1 amide bonds. The second-order valence-corrected chi connectivity index (χ2v) is 16.9. The molecule has 10 rings (SSSR count). The zero-order chi connectivity index (χ0) is 36.0. The van der Waals surface area contributed by atoms with Crippen molar-refractivity contribution in [2.75, 3.05) is 13.1 Å². The van der Waals surface area contributed by atoms with Gasteiger partial charge >= 0.3 is 0 Å². The fourth-order valence-electron chi connectivity index (χ4n) is 9.02. The Morgan fingerprint density at radius 1 is 1.19 bits per heavy atom. The third-order valence-electron chi connectivity index (χ3n) is 11.7. The van der Waals surface area contributed by atoms with E-state index in [0.717, 1.165) is 53.0 Å². The van der Waals surface area contributed by atoms with Crippen LogP contribution in [0.4, 0.5) is 4.39 Å². The summed E-state index contributed by atoms with van der Waals surface area (Å²) in [6, 6.07) is 13.9. The van der Waals surface area contributed by atoms with Gasteiger partial charge in [0, 0.05) is 76.1 Å². The van der Waals surface area contributed by atoms with Gasteiger partial charge in [-0.1, -0.05) is 35.3 Å². The number of nitrogens with zero attached hydrogens (tertiary/aromatic N) is 5. The minimum Gasteiger partial charge on any atom is -0.367 e. The molecule has 5 fully saturated rings. The molecule has 1 unspecified atom stereocenters. The molecule has 8 nitrogen and oxygen atoms in total. The van der Waals surface area contributed by atoms with Crippen LogP contribution in [-0.2, 0) is 16.0 Å². The number of aromatic nitrogens is 3. The van der Waals surface area contributed by atoms with Gasteiger partial charge in [0.2, 0.25) is 5.91 Å². The molecule has 3 saturated heterocycles. The number of pyridine rings is 1. The molecule has 0 spiro atoms. The lowest BCUT2D eigenvalue weighted by atomic mass is 9.79. The molecule has 1 N–H and O–H groups in total. The van der Waals surface area contributed by atoms with Crippen LogP contribution >= 0.6 is 34.7 Å². The highest BCUT2D eigenvalue weighted by Gasteiger charge is 2.51. The fraction of sp³-hybridized carbons (Fsp3) is 0.450. The number of halogens is 3. The average molecular weight is 758 g/mol. The van der Waals surface area contributed by atoms with E-state index in [1.54, 1.807) is 18.2 Å². The fourth-order valence-corrected chi connectivity index (χ4v) is 10.0. The van der Waals surface area contributed by atoms with Crippen LogP contribution < -0.4 is 5.32 Å². The SMILES string of the molecule is Cc1cc(C(C)O[C@H]2C[C@H](c3cc4c(C)nc5c(F)c(-c6cccc(Cl)c6Cl)c(CCC#N)cc5c4n3[C@H]3[C@H]4CN[C@@H]3C4)N(C(=O)C3CC3)C2)ns1. The summed E-state index contributed by atoms with van der Waals surface area (Å²) < 4.78 is 30.9. The lowest BCUT2D eigenvalue weighted by Crippen LogP contribution is -2.41. The zero-order valence-electron chi connectivity index (χ0n) is 29.3. The summed E-state index contributed by atoms with van der Waals surface area (Å²) in [7, 11) is 0. The van der Waals surface area contributed by atoms with E-state index in [-0.39, 0.29) is 59.1 Å². The Hall–Kier alpha value is -3.59. The Kier molecular flexibility index (Phi) is 8.59. The van der Waals surface area contributed by atoms with Gasteiger partial charge in [-0.05, 0) is 93.7 Å². The minimum absolute atomic E-state index is 0.0528. The van der Waals surface area contributed by atoms with Gasteiger partial charge in [0.05, 0.1) is 51.6 Å². The van der Waals surface area contributed by atoms with Crippen LogP contribution in [0.15, 0.2) is 36.4 Å². The van der Waals surface area contributed by atoms with E-state index in [2.05, 4.69) is 37.4 Å². The number of nitrogens with one attached hydrogen (secondary N) is 1. The molecule has 3 aromatic heterocycles. The third kappa shape index (κ3) is 5.54. The molecule has 12 heteroatoms. The standard InChI is InChI=1S/C40H39Cl2FN6O2S/c1-19-12-30(47-52-19)21(3)51-25-15-32(48(18-25)40(50)22-9-10-22)33-16-27-20(2)46-37-28(39(27)49(33)38-24-14-31(38)45-17-24)13-23(6-5-11-44)34(36(37)43)26-7-4-8-29(41)35(26)42/h4,7-8,12-13,16,21-22,24-25,31-32,38,45H,5-6,9-10,14-15,17-18H2,1-3H3/t21?,24-,25+,31-,32-,38+/m1/s1. The summed E-state index contributed by atoms with van der Waals surface area (Å²) in [5.41, 5.74) is 5.35. The third-order valence-corrected chi connectivity index (χ3v) is 13.2. The first kappa shape index (κ1) is 34.2. The molecule has 6 atom stereocenters. The van der Waals surface area contributed by atoms with Crippen molar-refractivity contribution < 1.29 is 13.9 Å². The van der Waals surface area contributed by atoms with Crippen molar-refractivity contribution in [3.63, 3.8) is 0 Å². The molecule has 5 aromatic rings. The summed E-state index contributed by atoms with van der Waals surface area (Å²) in [5.74, 6) is 0.184. The summed E-state index contributed by atoms with van der Waals surface area (Å²) in [6.45, 7) is 7.45. The second-order valence-electron chi connectivity index (χ2n) is 15.1. The first-order chi connectivity index (χ1) is 25.1. The van der Waals surface area contributed by atoms with Gasteiger partial charge in [0.25, 0.3) is 0 Å². The maximum Gasteiger partial charge on any atom is 0.226 e. The van der Waals surface area contributed by atoms with Crippen molar-refractivity contribution in [2.24, 2.45) is 11.8 Å². The summed E-state index contributed by atoms with van der Waals surface area (Å²) in [5, 5.41) is 15.6. The normalized spacial score (nSPS) is 24.5. The van der Waals surface area contributed by atoms with Crippen LogP contribution in [0.1, 0.15) is 84.7 Å². The summed E-state index contributed by atoms with van der Waals surface area (Å²) in [6.07, 6.45) is 3.75. The van der Waals surface area contributed by atoms with Gasteiger partial charge in [0.1, 0.15) is 5.52 Å². The van der Waals surface area contributed by atoms with Crippen molar-refractivity contribution >= 4 is 62.4 Å². The number of carbonyl (C=O) groups is 1. The van der Waals surface area contributed by atoms with E-state index in [0.29, 0.717) is 58.1 Å². The van der Waals surface area contributed by atoms with E-state index in [1.807, 2.05) is 26.8 Å². The van der Waals surface area contributed by atoms with Crippen molar-refractivity contribution in [1.82, 2.24) is 24.1 Å². The Morgan fingerprint density at radius 2 is 2.02 bits per heavy atom. The Labute approximate surface area is 316 Å². The molecule has 5 aliphatic rings. The van der Waals surface area contributed by atoms with Crippen LogP contribution in [-0.4, -0.2) is 50.0 Å². The number of amides is 1. The molecule has 268 valence electrons. The van der Waals surface area contributed by atoms with Crippen molar-refractivity contribution in [1.29, 1.82) is 5.26 Å². The monoisotopic (exact) mass is 756 g/mol. The Bertz CT molecular complexity index is 2300. The maximum atomic E-state index is 17.2. The highest BCUT2D eigenvalue weighted by atomic mass is 35.5. The molecule has 2 aliphatic carbocycles. The van der Waals surface area contributed by atoms with Gasteiger partial charge in [0.15, 0.2) is 5.82 Å². The number of rotatable bonds is 9. The average Bonchev–Trinajstić information content (AvgIpc) is 3.57. The number of hydrogen-bond donors (Lipinski definition) is 1.